The molecule has 112 valence electrons. The molecule has 1 aliphatic rings. The van der Waals surface area contributed by atoms with Gasteiger partial charge in [0.15, 0.2) is 5.82 Å². The molecule has 0 radical (unpaired) electrons. The highest BCUT2D eigenvalue weighted by molar-refractivity contribution is 7.90. The van der Waals surface area contributed by atoms with E-state index in [4.69, 9.17) is 5.73 Å². The van der Waals surface area contributed by atoms with E-state index in [0.717, 1.165) is 38.5 Å². The Balaban J connectivity index is 1.80. The van der Waals surface area contributed by atoms with Gasteiger partial charge in [-0.2, -0.15) is 0 Å². The van der Waals surface area contributed by atoms with E-state index < -0.39 is 9.84 Å². The van der Waals surface area contributed by atoms with Crippen LogP contribution in [0.4, 0.5) is 11.5 Å². The highest BCUT2D eigenvalue weighted by atomic mass is 32.2. The zero-order chi connectivity index (χ0) is 14.6. The Morgan fingerprint density at radius 2 is 2.00 bits per heavy atom. The van der Waals surface area contributed by atoms with Gasteiger partial charge < -0.3 is 10.6 Å². The molecule has 6 nitrogen and oxygen atoms in total. The maximum absolute atomic E-state index is 11.1. The third-order valence-electron chi connectivity index (χ3n) is 3.48. The van der Waals surface area contributed by atoms with Crippen molar-refractivity contribution >= 4 is 21.3 Å². The van der Waals surface area contributed by atoms with Crippen LogP contribution in [0.2, 0.25) is 0 Å². The fraction of sp³-hybridized carbons (Fsp3) is 0.615. The number of nitrogen functional groups attached to an aromatic ring is 1. The summed E-state index contributed by atoms with van der Waals surface area (Å²) in [7, 11) is -2.85. The molecular formula is C13H22N4O2S. The van der Waals surface area contributed by atoms with E-state index in [1.165, 1.54) is 6.26 Å². The van der Waals surface area contributed by atoms with Crippen LogP contribution in [-0.4, -0.2) is 63.0 Å². The van der Waals surface area contributed by atoms with Crippen LogP contribution in [0.3, 0.4) is 0 Å². The van der Waals surface area contributed by atoms with Crippen LogP contribution in [0.1, 0.15) is 6.42 Å². The number of rotatable bonds is 5. The van der Waals surface area contributed by atoms with Crippen LogP contribution in [0.15, 0.2) is 18.3 Å². The van der Waals surface area contributed by atoms with Crippen LogP contribution in [0.5, 0.6) is 0 Å². The summed E-state index contributed by atoms with van der Waals surface area (Å²) in [6, 6.07) is 3.70. The predicted molar refractivity (Wildman–Crippen MR) is 81.6 cm³/mol. The Kier molecular flexibility index (Phi) is 4.82. The number of sulfone groups is 1. The molecule has 2 heterocycles. The largest absolute Gasteiger partial charge is 0.396 e. The molecule has 1 fully saturated rings. The zero-order valence-electron chi connectivity index (χ0n) is 11.8. The van der Waals surface area contributed by atoms with Crippen LogP contribution in [-0.2, 0) is 9.84 Å². The first-order chi connectivity index (χ1) is 9.46. The molecular weight excluding hydrogens is 276 g/mol. The van der Waals surface area contributed by atoms with Gasteiger partial charge in [0.1, 0.15) is 9.84 Å². The minimum Gasteiger partial charge on any atom is -0.396 e. The molecule has 1 aromatic heterocycles. The highest BCUT2D eigenvalue weighted by Gasteiger charge is 2.19. The van der Waals surface area contributed by atoms with Gasteiger partial charge in [0.05, 0.1) is 11.4 Å². The third-order valence-corrected chi connectivity index (χ3v) is 4.51. The lowest BCUT2D eigenvalue weighted by Crippen LogP contribution is -2.47. The topological polar surface area (TPSA) is 79.5 Å². The van der Waals surface area contributed by atoms with Gasteiger partial charge in [-0.1, -0.05) is 0 Å². The molecule has 1 aliphatic heterocycles. The van der Waals surface area contributed by atoms with E-state index in [1.807, 2.05) is 12.1 Å². The molecule has 7 heteroatoms. The van der Waals surface area contributed by atoms with Gasteiger partial charge in [0, 0.05) is 38.6 Å². The van der Waals surface area contributed by atoms with E-state index in [0.29, 0.717) is 12.1 Å². The number of aromatic nitrogens is 1. The van der Waals surface area contributed by atoms with E-state index in [1.54, 1.807) is 6.20 Å². The lowest BCUT2D eigenvalue weighted by molar-refractivity contribution is 0.258. The summed E-state index contributed by atoms with van der Waals surface area (Å²) in [5.41, 5.74) is 6.64. The summed E-state index contributed by atoms with van der Waals surface area (Å²) in [6.45, 7) is 4.42. The van der Waals surface area contributed by atoms with Crippen molar-refractivity contribution < 1.29 is 8.42 Å². The Morgan fingerprint density at radius 3 is 2.60 bits per heavy atom. The smallest absolute Gasteiger partial charge is 0.151 e. The number of piperazine rings is 1. The molecule has 0 saturated carbocycles. The number of hydrogen-bond donors (Lipinski definition) is 1. The molecule has 20 heavy (non-hydrogen) atoms. The molecule has 1 aromatic rings. The Bertz CT molecular complexity index is 539. The third kappa shape index (κ3) is 4.35. The monoisotopic (exact) mass is 298 g/mol. The van der Waals surface area contributed by atoms with Gasteiger partial charge in [-0.15, -0.1) is 0 Å². The molecule has 2 N–H and O–H groups in total. The van der Waals surface area contributed by atoms with Crippen molar-refractivity contribution in [3.05, 3.63) is 18.3 Å². The number of anilines is 2. The van der Waals surface area contributed by atoms with E-state index >= 15 is 0 Å². The Hall–Kier alpha value is -1.34. The first-order valence-electron chi connectivity index (χ1n) is 6.81. The molecule has 0 atom stereocenters. The number of hydrogen-bond acceptors (Lipinski definition) is 6. The Labute approximate surface area is 120 Å². The average molecular weight is 298 g/mol. The first-order valence-corrected chi connectivity index (χ1v) is 8.87. The second-order valence-electron chi connectivity index (χ2n) is 5.23. The standard InChI is InChI=1S/C13H22N4O2S/c1-20(18,19)11-3-6-16-7-9-17(10-8-16)13-12(14)4-2-5-15-13/h2,4-5H,3,6-11,14H2,1H3. The van der Waals surface area contributed by atoms with Gasteiger partial charge in [-0.25, -0.2) is 13.4 Å². The molecule has 0 amide bonds. The molecule has 0 spiro atoms. The van der Waals surface area contributed by atoms with Crippen LogP contribution < -0.4 is 10.6 Å². The van der Waals surface area contributed by atoms with Crippen molar-refractivity contribution in [2.45, 2.75) is 6.42 Å². The number of pyridine rings is 1. The highest BCUT2D eigenvalue weighted by Crippen LogP contribution is 2.20. The molecule has 2 rings (SSSR count). The SMILES string of the molecule is CS(=O)(=O)CCCN1CCN(c2ncccc2N)CC1. The summed E-state index contributed by atoms with van der Waals surface area (Å²) in [6.07, 6.45) is 3.74. The minimum atomic E-state index is -2.85. The second kappa shape index (κ2) is 6.41. The van der Waals surface area contributed by atoms with Gasteiger partial charge in [-0.05, 0) is 25.1 Å². The summed E-state index contributed by atoms with van der Waals surface area (Å²) in [4.78, 5) is 8.80. The van der Waals surface area contributed by atoms with Gasteiger partial charge >= 0.3 is 0 Å². The van der Waals surface area contributed by atoms with E-state index in [2.05, 4.69) is 14.8 Å². The van der Waals surface area contributed by atoms with Crippen LogP contribution in [0, 0.1) is 0 Å². The van der Waals surface area contributed by atoms with Crippen molar-refractivity contribution in [1.29, 1.82) is 0 Å². The molecule has 1 saturated heterocycles. The summed E-state index contributed by atoms with van der Waals surface area (Å²) >= 11 is 0. The fourth-order valence-corrected chi connectivity index (χ4v) is 3.06. The molecule has 0 aliphatic carbocycles. The molecule has 0 bridgehead atoms. The quantitative estimate of drug-likeness (QED) is 0.838. The van der Waals surface area contributed by atoms with Crippen molar-refractivity contribution in [2.24, 2.45) is 0 Å². The summed E-state index contributed by atoms with van der Waals surface area (Å²) in [5.74, 6) is 1.11. The Morgan fingerprint density at radius 1 is 1.30 bits per heavy atom. The van der Waals surface area contributed by atoms with Crippen LogP contribution >= 0.6 is 0 Å². The van der Waals surface area contributed by atoms with E-state index in [9.17, 15) is 8.42 Å². The van der Waals surface area contributed by atoms with Gasteiger partial charge in [0.25, 0.3) is 0 Å². The van der Waals surface area contributed by atoms with Crippen LogP contribution in [0.25, 0.3) is 0 Å². The van der Waals surface area contributed by atoms with Gasteiger partial charge in [-0.3, -0.25) is 4.90 Å². The van der Waals surface area contributed by atoms with Gasteiger partial charge in [0.2, 0.25) is 0 Å². The lowest BCUT2D eigenvalue weighted by atomic mass is 10.2. The summed E-state index contributed by atoms with van der Waals surface area (Å²) < 4.78 is 22.2. The van der Waals surface area contributed by atoms with Crippen molar-refractivity contribution in [1.82, 2.24) is 9.88 Å². The molecule has 0 unspecified atom stereocenters. The van der Waals surface area contributed by atoms with Crippen molar-refractivity contribution in [3.63, 3.8) is 0 Å². The van der Waals surface area contributed by atoms with Crippen molar-refractivity contribution in [2.75, 3.05) is 55.4 Å². The first kappa shape index (κ1) is 15.1. The average Bonchev–Trinajstić information content (AvgIpc) is 2.39. The predicted octanol–water partition coefficient (Wildman–Crippen LogP) is 0.221. The second-order valence-corrected chi connectivity index (χ2v) is 7.49. The maximum atomic E-state index is 11.1. The minimum absolute atomic E-state index is 0.264. The molecule has 0 aromatic carbocycles. The maximum Gasteiger partial charge on any atom is 0.151 e. The van der Waals surface area contributed by atoms with Crippen molar-refractivity contribution in [3.8, 4) is 0 Å². The number of nitrogens with two attached hydrogens (primary N) is 1. The summed E-state index contributed by atoms with van der Waals surface area (Å²) in [5, 5.41) is 0. The van der Waals surface area contributed by atoms with E-state index in [-0.39, 0.29) is 5.75 Å². The number of nitrogens with zero attached hydrogens (tertiary/aromatic N) is 3. The normalized spacial score (nSPS) is 17.4. The fourth-order valence-electron chi connectivity index (χ4n) is 2.41. The zero-order valence-corrected chi connectivity index (χ0v) is 12.6. The lowest BCUT2D eigenvalue weighted by Gasteiger charge is -2.35.